The van der Waals surface area contributed by atoms with E-state index >= 15 is 0 Å². The molecule has 2 saturated heterocycles. The standard InChI is InChI=1S/C18H23N3O4/c19-17(22)14-2-1-7-21(14)13-5-8-20(9-6-13)18(23)12-3-4-15-16(10-12)25-11-24-15/h3-4,10,13-14H,1-2,5-9,11H2,(H2,19,22)/t14-/m1/s1. The molecule has 25 heavy (non-hydrogen) atoms. The molecule has 7 nitrogen and oxygen atoms in total. The first kappa shape index (κ1) is 16.2. The molecule has 0 spiro atoms. The molecule has 1 aromatic carbocycles. The van der Waals surface area contributed by atoms with Gasteiger partial charge >= 0.3 is 0 Å². The lowest BCUT2D eigenvalue weighted by Gasteiger charge is -2.38. The number of nitrogens with two attached hydrogens (primary N) is 1. The van der Waals surface area contributed by atoms with Crippen molar-refractivity contribution >= 4 is 11.8 Å². The molecule has 0 radical (unpaired) electrons. The summed E-state index contributed by atoms with van der Waals surface area (Å²) in [4.78, 5) is 28.5. The van der Waals surface area contributed by atoms with E-state index in [1.807, 2.05) is 4.90 Å². The molecule has 0 bridgehead atoms. The van der Waals surface area contributed by atoms with Gasteiger partial charge in [-0.2, -0.15) is 0 Å². The van der Waals surface area contributed by atoms with Crippen LogP contribution < -0.4 is 15.2 Å². The zero-order chi connectivity index (χ0) is 17.4. The fraction of sp³-hybridized carbons (Fsp3) is 0.556. The molecule has 134 valence electrons. The highest BCUT2D eigenvalue weighted by molar-refractivity contribution is 5.95. The SMILES string of the molecule is NC(=O)[C@H]1CCCN1C1CCN(C(=O)c2ccc3c(c2)OCO3)CC1. The lowest BCUT2D eigenvalue weighted by molar-refractivity contribution is -0.123. The number of ether oxygens (including phenoxy) is 2. The van der Waals surface area contributed by atoms with Gasteiger partial charge < -0.3 is 20.1 Å². The molecular formula is C18H23N3O4. The van der Waals surface area contributed by atoms with E-state index in [1.54, 1.807) is 18.2 Å². The summed E-state index contributed by atoms with van der Waals surface area (Å²) >= 11 is 0. The Morgan fingerprint density at radius 1 is 1.04 bits per heavy atom. The lowest BCUT2D eigenvalue weighted by Crippen LogP contribution is -2.51. The Hall–Kier alpha value is -2.28. The summed E-state index contributed by atoms with van der Waals surface area (Å²) in [5.74, 6) is 1.10. The third-order valence-corrected chi connectivity index (χ3v) is 5.46. The number of piperidine rings is 1. The summed E-state index contributed by atoms with van der Waals surface area (Å²) in [6, 6.07) is 5.51. The predicted octanol–water partition coefficient (Wildman–Crippen LogP) is 0.970. The molecule has 7 heteroatoms. The maximum absolute atomic E-state index is 12.7. The number of fused-ring (bicyclic) bond motifs is 1. The van der Waals surface area contributed by atoms with Crippen molar-refractivity contribution in [1.82, 2.24) is 9.80 Å². The van der Waals surface area contributed by atoms with Gasteiger partial charge in [0.15, 0.2) is 11.5 Å². The van der Waals surface area contributed by atoms with Crippen molar-refractivity contribution < 1.29 is 19.1 Å². The summed E-state index contributed by atoms with van der Waals surface area (Å²) in [5.41, 5.74) is 6.15. The number of hydrogen-bond acceptors (Lipinski definition) is 5. The van der Waals surface area contributed by atoms with Crippen LogP contribution in [0.15, 0.2) is 18.2 Å². The van der Waals surface area contributed by atoms with Crippen molar-refractivity contribution in [1.29, 1.82) is 0 Å². The van der Waals surface area contributed by atoms with Crippen LogP contribution in [0.5, 0.6) is 11.5 Å². The van der Waals surface area contributed by atoms with Gasteiger partial charge in [0.2, 0.25) is 12.7 Å². The van der Waals surface area contributed by atoms with Crippen LogP contribution in [0.4, 0.5) is 0 Å². The Balaban J connectivity index is 1.38. The molecule has 2 fully saturated rings. The Labute approximate surface area is 146 Å². The first-order valence-corrected chi connectivity index (χ1v) is 8.87. The summed E-state index contributed by atoms with van der Waals surface area (Å²) in [6.45, 7) is 2.52. The van der Waals surface area contributed by atoms with Crippen LogP contribution in [0.25, 0.3) is 0 Å². The number of carbonyl (C=O) groups is 2. The third-order valence-electron chi connectivity index (χ3n) is 5.46. The second-order valence-corrected chi connectivity index (χ2v) is 6.89. The molecule has 0 saturated carbocycles. The second kappa shape index (κ2) is 6.55. The molecule has 3 aliphatic rings. The number of carbonyl (C=O) groups excluding carboxylic acids is 2. The van der Waals surface area contributed by atoms with Gasteiger partial charge in [0.1, 0.15) is 0 Å². The summed E-state index contributed by atoms with van der Waals surface area (Å²) in [6.07, 6.45) is 3.62. The smallest absolute Gasteiger partial charge is 0.253 e. The lowest BCUT2D eigenvalue weighted by atomic mass is 10.0. The molecule has 0 aromatic heterocycles. The van der Waals surface area contributed by atoms with Gasteiger partial charge in [-0.05, 0) is 50.4 Å². The highest BCUT2D eigenvalue weighted by Crippen LogP contribution is 2.33. The second-order valence-electron chi connectivity index (χ2n) is 6.89. The maximum atomic E-state index is 12.7. The van der Waals surface area contributed by atoms with E-state index in [9.17, 15) is 9.59 Å². The van der Waals surface area contributed by atoms with Gasteiger partial charge in [-0.25, -0.2) is 0 Å². The van der Waals surface area contributed by atoms with Crippen LogP contribution in [0.1, 0.15) is 36.0 Å². The van der Waals surface area contributed by atoms with Gasteiger partial charge in [-0.3, -0.25) is 14.5 Å². The number of primary amides is 1. The molecule has 2 N–H and O–H groups in total. The molecule has 1 atom stereocenters. The monoisotopic (exact) mass is 345 g/mol. The third kappa shape index (κ3) is 3.04. The van der Waals surface area contributed by atoms with Crippen LogP contribution >= 0.6 is 0 Å². The van der Waals surface area contributed by atoms with Crippen LogP contribution in [0.3, 0.4) is 0 Å². The Bertz CT molecular complexity index is 685. The van der Waals surface area contributed by atoms with Crippen molar-refractivity contribution in [3.63, 3.8) is 0 Å². The number of hydrogen-bond donors (Lipinski definition) is 1. The molecular weight excluding hydrogens is 322 g/mol. The van der Waals surface area contributed by atoms with E-state index in [0.717, 1.165) is 32.2 Å². The van der Waals surface area contributed by atoms with E-state index in [2.05, 4.69) is 4.90 Å². The Kier molecular flexibility index (Phi) is 4.25. The molecule has 0 unspecified atom stereocenters. The highest BCUT2D eigenvalue weighted by Gasteiger charge is 2.36. The van der Waals surface area contributed by atoms with Crippen molar-refractivity contribution in [2.45, 2.75) is 37.8 Å². The molecule has 3 aliphatic heterocycles. The average Bonchev–Trinajstić information content (AvgIpc) is 3.29. The predicted molar refractivity (Wildman–Crippen MR) is 90.4 cm³/mol. The Morgan fingerprint density at radius 3 is 2.56 bits per heavy atom. The molecule has 0 aliphatic carbocycles. The number of benzene rings is 1. The number of amides is 2. The summed E-state index contributed by atoms with van der Waals surface area (Å²) in [7, 11) is 0. The van der Waals surface area contributed by atoms with Crippen molar-refractivity contribution in [3.05, 3.63) is 23.8 Å². The van der Waals surface area contributed by atoms with E-state index in [0.29, 0.717) is 36.2 Å². The minimum atomic E-state index is -0.226. The van der Waals surface area contributed by atoms with Crippen molar-refractivity contribution in [2.24, 2.45) is 5.73 Å². The summed E-state index contributed by atoms with van der Waals surface area (Å²) in [5, 5.41) is 0. The highest BCUT2D eigenvalue weighted by atomic mass is 16.7. The number of rotatable bonds is 3. The van der Waals surface area contributed by atoms with Crippen LogP contribution in [0.2, 0.25) is 0 Å². The quantitative estimate of drug-likeness (QED) is 0.882. The van der Waals surface area contributed by atoms with Crippen LogP contribution in [0, 0.1) is 0 Å². The zero-order valence-corrected chi connectivity index (χ0v) is 14.1. The van der Waals surface area contributed by atoms with Crippen LogP contribution in [-0.2, 0) is 4.79 Å². The number of nitrogens with zero attached hydrogens (tertiary/aromatic N) is 2. The van der Waals surface area contributed by atoms with Gasteiger partial charge in [0.25, 0.3) is 5.91 Å². The van der Waals surface area contributed by atoms with Gasteiger partial charge in [-0.15, -0.1) is 0 Å². The Morgan fingerprint density at radius 2 is 1.80 bits per heavy atom. The van der Waals surface area contributed by atoms with Crippen LogP contribution in [-0.4, -0.2) is 60.1 Å². The molecule has 3 heterocycles. The first-order valence-electron chi connectivity index (χ1n) is 8.87. The van der Waals surface area contributed by atoms with Crippen molar-refractivity contribution in [2.75, 3.05) is 26.4 Å². The van der Waals surface area contributed by atoms with Crippen molar-refractivity contribution in [3.8, 4) is 11.5 Å². The fourth-order valence-corrected chi connectivity index (χ4v) is 4.14. The maximum Gasteiger partial charge on any atom is 0.253 e. The number of likely N-dealkylation sites (tertiary alicyclic amines) is 2. The largest absolute Gasteiger partial charge is 0.454 e. The fourth-order valence-electron chi connectivity index (χ4n) is 4.14. The normalized spacial score (nSPS) is 23.8. The van der Waals surface area contributed by atoms with E-state index in [1.165, 1.54) is 0 Å². The topological polar surface area (TPSA) is 85.1 Å². The van der Waals surface area contributed by atoms with Gasteiger partial charge in [0.05, 0.1) is 6.04 Å². The minimum Gasteiger partial charge on any atom is -0.454 e. The first-order chi connectivity index (χ1) is 12.1. The van der Waals surface area contributed by atoms with Gasteiger partial charge in [-0.1, -0.05) is 0 Å². The molecule has 1 aromatic rings. The minimum absolute atomic E-state index is 0.0182. The average molecular weight is 345 g/mol. The van der Waals surface area contributed by atoms with E-state index in [4.69, 9.17) is 15.2 Å². The molecule has 2 amide bonds. The summed E-state index contributed by atoms with van der Waals surface area (Å²) < 4.78 is 10.6. The zero-order valence-electron chi connectivity index (χ0n) is 14.1. The van der Waals surface area contributed by atoms with E-state index < -0.39 is 0 Å². The van der Waals surface area contributed by atoms with Gasteiger partial charge in [0, 0.05) is 24.7 Å². The molecule has 4 rings (SSSR count). The van der Waals surface area contributed by atoms with E-state index in [-0.39, 0.29) is 24.6 Å².